The fourth-order valence-electron chi connectivity index (χ4n) is 0.714. The van der Waals surface area contributed by atoms with E-state index in [1.165, 1.54) is 0 Å². The average molecular weight is 126 g/mol. The molecule has 0 fully saturated rings. The molecule has 1 unspecified atom stereocenters. The number of ether oxygens (including phenoxy) is 1. The maximum absolute atomic E-state index is 4.72. The first-order valence-corrected chi connectivity index (χ1v) is 2.99. The standard InChI is InChI=1S/C6H10N2O/c1-9-5-3-6-2-4-7-8-6/h3,5-6H,2,4H2,1H3/b5-3+. The molecule has 0 aliphatic carbocycles. The van der Waals surface area contributed by atoms with Crippen LogP contribution in [0.15, 0.2) is 22.6 Å². The van der Waals surface area contributed by atoms with Crippen molar-refractivity contribution in [3.63, 3.8) is 0 Å². The van der Waals surface area contributed by atoms with Gasteiger partial charge in [0.05, 0.1) is 26.0 Å². The van der Waals surface area contributed by atoms with E-state index in [-0.39, 0.29) is 6.04 Å². The van der Waals surface area contributed by atoms with Gasteiger partial charge in [0.2, 0.25) is 0 Å². The zero-order valence-electron chi connectivity index (χ0n) is 5.45. The summed E-state index contributed by atoms with van der Waals surface area (Å²) in [4.78, 5) is 0. The van der Waals surface area contributed by atoms with Gasteiger partial charge in [-0.2, -0.15) is 10.2 Å². The lowest BCUT2D eigenvalue weighted by Gasteiger charge is -1.92. The predicted molar refractivity (Wildman–Crippen MR) is 34.3 cm³/mol. The van der Waals surface area contributed by atoms with Gasteiger partial charge in [-0.05, 0) is 12.5 Å². The van der Waals surface area contributed by atoms with Gasteiger partial charge in [-0.3, -0.25) is 0 Å². The van der Waals surface area contributed by atoms with E-state index in [1.807, 2.05) is 6.08 Å². The molecule has 3 nitrogen and oxygen atoms in total. The normalized spacial score (nSPS) is 25.7. The van der Waals surface area contributed by atoms with Crippen LogP contribution >= 0.6 is 0 Å². The molecular weight excluding hydrogens is 116 g/mol. The smallest absolute Gasteiger partial charge is 0.0939 e. The molecule has 9 heavy (non-hydrogen) atoms. The zero-order chi connectivity index (χ0) is 6.53. The molecule has 0 aromatic rings. The first-order chi connectivity index (χ1) is 4.43. The van der Waals surface area contributed by atoms with Gasteiger partial charge in [-0.15, -0.1) is 0 Å². The van der Waals surface area contributed by atoms with Crippen LogP contribution in [-0.4, -0.2) is 19.7 Å². The number of rotatable bonds is 2. The summed E-state index contributed by atoms with van der Waals surface area (Å²) in [7, 11) is 1.63. The third-order valence-corrected chi connectivity index (χ3v) is 1.19. The molecule has 0 aromatic heterocycles. The van der Waals surface area contributed by atoms with Crippen LogP contribution in [0.5, 0.6) is 0 Å². The zero-order valence-corrected chi connectivity index (χ0v) is 5.45. The van der Waals surface area contributed by atoms with Crippen LogP contribution in [0.25, 0.3) is 0 Å². The fourth-order valence-corrected chi connectivity index (χ4v) is 0.714. The third-order valence-electron chi connectivity index (χ3n) is 1.19. The molecule has 0 bridgehead atoms. The van der Waals surface area contributed by atoms with Crippen molar-refractivity contribution < 1.29 is 4.74 Å². The molecule has 1 aliphatic heterocycles. The summed E-state index contributed by atoms with van der Waals surface area (Å²) < 4.78 is 4.72. The van der Waals surface area contributed by atoms with Crippen molar-refractivity contribution in [2.45, 2.75) is 12.5 Å². The van der Waals surface area contributed by atoms with E-state index in [0.717, 1.165) is 13.0 Å². The number of nitrogens with zero attached hydrogens (tertiary/aromatic N) is 2. The van der Waals surface area contributed by atoms with Crippen molar-refractivity contribution in [1.82, 2.24) is 0 Å². The lowest BCUT2D eigenvalue weighted by molar-refractivity contribution is 0.335. The van der Waals surface area contributed by atoms with Gasteiger partial charge >= 0.3 is 0 Å². The van der Waals surface area contributed by atoms with Crippen molar-refractivity contribution in [2.24, 2.45) is 10.2 Å². The van der Waals surface area contributed by atoms with Crippen molar-refractivity contribution in [3.05, 3.63) is 12.3 Å². The Morgan fingerprint density at radius 3 is 3.11 bits per heavy atom. The molecule has 0 amide bonds. The molecule has 0 N–H and O–H groups in total. The van der Waals surface area contributed by atoms with E-state index in [2.05, 4.69) is 10.2 Å². The van der Waals surface area contributed by atoms with E-state index in [1.54, 1.807) is 13.4 Å². The van der Waals surface area contributed by atoms with Crippen molar-refractivity contribution in [1.29, 1.82) is 0 Å². The molecule has 1 heterocycles. The number of methoxy groups -OCH3 is 1. The predicted octanol–water partition coefficient (Wildman–Crippen LogP) is 1.37. The monoisotopic (exact) mass is 126 g/mol. The molecule has 0 saturated heterocycles. The Morgan fingerprint density at radius 2 is 2.56 bits per heavy atom. The van der Waals surface area contributed by atoms with Gasteiger partial charge in [0, 0.05) is 0 Å². The minimum Gasteiger partial charge on any atom is -0.505 e. The molecule has 1 atom stereocenters. The van der Waals surface area contributed by atoms with Crippen LogP contribution in [0, 0.1) is 0 Å². The maximum Gasteiger partial charge on any atom is 0.0939 e. The molecule has 0 aromatic carbocycles. The Bertz CT molecular complexity index is 131. The average Bonchev–Trinajstić information content (AvgIpc) is 2.34. The van der Waals surface area contributed by atoms with Gasteiger partial charge in [0.25, 0.3) is 0 Å². The van der Waals surface area contributed by atoms with Crippen LogP contribution in [0.3, 0.4) is 0 Å². The van der Waals surface area contributed by atoms with Crippen LogP contribution in [-0.2, 0) is 4.74 Å². The quantitative estimate of drug-likeness (QED) is 0.514. The highest BCUT2D eigenvalue weighted by molar-refractivity contribution is 4.90. The molecule has 1 aliphatic rings. The van der Waals surface area contributed by atoms with Gasteiger partial charge in [-0.25, -0.2) is 0 Å². The second-order valence-electron chi connectivity index (χ2n) is 1.90. The largest absolute Gasteiger partial charge is 0.505 e. The number of hydrogen-bond donors (Lipinski definition) is 0. The Hall–Kier alpha value is -0.860. The second-order valence-corrected chi connectivity index (χ2v) is 1.90. The van der Waals surface area contributed by atoms with Gasteiger partial charge in [0.1, 0.15) is 0 Å². The molecular formula is C6H10N2O. The van der Waals surface area contributed by atoms with E-state index >= 15 is 0 Å². The van der Waals surface area contributed by atoms with Crippen molar-refractivity contribution >= 4 is 0 Å². The third kappa shape index (κ3) is 1.83. The number of hydrogen-bond acceptors (Lipinski definition) is 3. The van der Waals surface area contributed by atoms with Gasteiger partial charge in [0.15, 0.2) is 0 Å². The van der Waals surface area contributed by atoms with Crippen LogP contribution in [0.4, 0.5) is 0 Å². The Kier molecular flexibility index (Phi) is 2.24. The minimum atomic E-state index is 0.268. The molecule has 3 heteroatoms. The highest BCUT2D eigenvalue weighted by atomic mass is 16.5. The van der Waals surface area contributed by atoms with Gasteiger partial charge < -0.3 is 4.74 Å². The fraction of sp³-hybridized carbons (Fsp3) is 0.667. The van der Waals surface area contributed by atoms with E-state index in [9.17, 15) is 0 Å². The Labute approximate surface area is 54.4 Å². The minimum absolute atomic E-state index is 0.268. The Morgan fingerprint density at radius 1 is 1.67 bits per heavy atom. The SMILES string of the molecule is CO/C=C/C1CCN=N1. The van der Waals surface area contributed by atoms with Crippen LogP contribution in [0.1, 0.15) is 6.42 Å². The second kappa shape index (κ2) is 3.22. The molecule has 0 radical (unpaired) electrons. The molecule has 0 saturated carbocycles. The molecule has 1 rings (SSSR count). The summed E-state index contributed by atoms with van der Waals surface area (Å²) in [5.41, 5.74) is 0. The van der Waals surface area contributed by atoms with Crippen LogP contribution < -0.4 is 0 Å². The molecule has 0 spiro atoms. The first kappa shape index (κ1) is 6.26. The van der Waals surface area contributed by atoms with E-state index in [0.29, 0.717) is 0 Å². The van der Waals surface area contributed by atoms with E-state index < -0.39 is 0 Å². The summed E-state index contributed by atoms with van der Waals surface area (Å²) in [5.74, 6) is 0. The molecule has 50 valence electrons. The summed E-state index contributed by atoms with van der Waals surface area (Å²) >= 11 is 0. The highest BCUT2D eigenvalue weighted by Crippen LogP contribution is 2.08. The first-order valence-electron chi connectivity index (χ1n) is 2.99. The lowest BCUT2D eigenvalue weighted by atomic mass is 10.2. The van der Waals surface area contributed by atoms with Crippen molar-refractivity contribution in [2.75, 3.05) is 13.7 Å². The topological polar surface area (TPSA) is 34.0 Å². The maximum atomic E-state index is 4.72. The summed E-state index contributed by atoms with van der Waals surface area (Å²) in [6.45, 7) is 0.860. The lowest BCUT2D eigenvalue weighted by Crippen LogP contribution is -1.93. The number of azo groups is 1. The van der Waals surface area contributed by atoms with Crippen LogP contribution in [0.2, 0.25) is 0 Å². The van der Waals surface area contributed by atoms with Crippen molar-refractivity contribution in [3.8, 4) is 0 Å². The summed E-state index contributed by atoms with van der Waals surface area (Å²) in [6.07, 6.45) is 4.59. The van der Waals surface area contributed by atoms with Gasteiger partial charge in [-0.1, -0.05) is 0 Å². The highest BCUT2D eigenvalue weighted by Gasteiger charge is 2.06. The Balaban J connectivity index is 2.27. The summed E-state index contributed by atoms with van der Waals surface area (Å²) in [6, 6.07) is 0.268. The summed E-state index contributed by atoms with van der Waals surface area (Å²) in [5, 5.41) is 7.77. The van der Waals surface area contributed by atoms with E-state index in [4.69, 9.17) is 4.74 Å².